The predicted molar refractivity (Wildman–Crippen MR) is 312 cm³/mol. The van der Waals surface area contributed by atoms with Gasteiger partial charge in [0, 0.05) is 20.7 Å². The van der Waals surface area contributed by atoms with E-state index in [0.717, 1.165) is 0 Å². The molecule has 0 saturated carbocycles. The number of hydrogen-bond donors (Lipinski definition) is 0. The van der Waals surface area contributed by atoms with E-state index in [4.69, 9.17) is 0 Å². The van der Waals surface area contributed by atoms with Gasteiger partial charge in [0.25, 0.3) is 0 Å². The van der Waals surface area contributed by atoms with Crippen LogP contribution in [0.4, 0.5) is 70.2 Å². The molecule has 0 radical (unpaired) electrons. The van der Waals surface area contributed by atoms with Crippen LogP contribution in [0.3, 0.4) is 0 Å². The van der Waals surface area contributed by atoms with Crippen LogP contribution in [-0.4, -0.2) is 38.4 Å². The number of benzene rings is 4. The topological polar surface area (TPSA) is 0 Å². The molecular formula is C60H84BF16LiSi4. The van der Waals surface area contributed by atoms with E-state index < -0.39 is 174 Å². The maximum absolute atomic E-state index is 18.6. The Morgan fingerprint density at radius 3 is 0.378 bits per heavy atom. The molecule has 0 aromatic heterocycles. The summed E-state index contributed by atoms with van der Waals surface area (Å²) in [5, 5.41) is -4.98. The molecule has 0 spiro atoms. The van der Waals surface area contributed by atoms with Crippen LogP contribution in [-0.2, 0) is 0 Å². The second-order valence-electron chi connectivity index (χ2n) is 23.2. The van der Waals surface area contributed by atoms with E-state index in [2.05, 4.69) is 0 Å². The summed E-state index contributed by atoms with van der Waals surface area (Å²) in [4.78, 5) is 0. The van der Waals surface area contributed by atoms with Crippen LogP contribution >= 0.6 is 0 Å². The molecule has 82 heavy (non-hydrogen) atoms. The van der Waals surface area contributed by atoms with Gasteiger partial charge in [0.1, 0.15) is 52.7 Å². The summed E-state index contributed by atoms with van der Waals surface area (Å²) in [5.41, 5.74) is -11.3. The van der Waals surface area contributed by atoms with E-state index in [1.807, 2.05) is 0 Å². The van der Waals surface area contributed by atoms with Gasteiger partial charge in [-0.25, -0.2) is 70.2 Å². The Balaban J connectivity index is 0.0000176. The van der Waals surface area contributed by atoms with Crippen LogP contribution in [0.15, 0.2) is 0 Å². The largest absolute Gasteiger partial charge is 1.00 e. The predicted octanol–water partition coefficient (Wildman–Crippen LogP) is 13.8. The molecule has 0 unspecified atom stereocenters. The first-order valence-corrected chi connectivity index (χ1v) is 40.4. The van der Waals surface area contributed by atoms with Crippen molar-refractivity contribution in [3.05, 3.63) is 93.1 Å². The Morgan fingerprint density at radius 1 is 0.195 bits per heavy atom. The van der Waals surface area contributed by atoms with Crippen molar-refractivity contribution in [2.45, 2.75) is 233 Å². The summed E-state index contributed by atoms with van der Waals surface area (Å²) in [7, 11) is -15.7. The summed E-state index contributed by atoms with van der Waals surface area (Å²) in [6.07, 6.45) is -4.88. The zero-order valence-electron chi connectivity index (χ0n) is 50.6. The zero-order chi connectivity index (χ0) is 61.3. The summed E-state index contributed by atoms with van der Waals surface area (Å²) in [6, 6.07) is -0.867. The molecule has 0 nitrogen and oxygen atoms in total. The molecule has 0 amide bonds. The fourth-order valence-corrected chi connectivity index (χ4v) is 37.7. The Kier molecular flexibility index (Phi) is 27.6. The zero-order valence-corrected chi connectivity index (χ0v) is 54.6. The maximum atomic E-state index is 18.6. The maximum Gasteiger partial charge on any atom is 1.00 e. The first kappa shape index (κ1) is 73.5. The second-order valence-corrected chi connectivity index (χ2v) is 41.4. The summed E-state index contributed by atoms with van der Waals surface area (Å²) in [6.45, 7) is 19.2. The molecule has 0 aliphatic carbocycles. The first-order valence-electron chi connectivity index (χ1n) is 29.9. The van der Waals surface area contributed by atoms with Gasteiger partial charge in [-0.05, 0) is 0 Å². The van der Waals surface area contributed by atoms with E-state index in [1.165, 1.54) is 0 Å². The van der Waals surface area contributed by atoms with E-state index in [-0.39, 0.29) is 168 Å². The van der Waals surface area contributed by atoms with Crippen LogP contribution in [0.25, 0.3) is 0 Å². The normalized spacial score (nSPS) is 12.7. The van der Waals surface area contributed by atoms with Crippen molar-refractivity contribution < 1.29 is 89.1 Å². The second kappa shape index (κ2) is 30.8. The monoisotopic (exact) mass is 1240 g/mol. The van der Waals surface area contributed by atoms with Crippen LogP contribution in [0, 0.1) is 93.1 Å². The third-order valence-corrected chi connectivity index (χ3v) is 41.3. The van der Waals surface area contributed by atoms with Crippen molar-refractivity contribution >= 4 is 81.0 Å². The van der Waals surface area contributed by atoms with Gasteiger partial charge >= 0.3 is 18.9 Å². The molecule has 0 aliphatic heterocycles. The van der Waals surface area contributed by atoms with Gasteiger partial charge in [0.2, 0.25) is 0 Å². The molecule has 0 heterocycles. The Hall–Kier alpha value is -2.71. The van der Waals surface area contributed by atoms with Gasteiger partial charge in [-0.15, -0.1) is 21.9 Å². The third kappa shape index (κ3) is 12.6. The number of halogens is 16. The van der Waals surface area contributed by atoms with Crippen molar-refractivity contribution in [3.63, 3.8) is 0 Å². The van der Waals surface area contributed by atoms with Gasteiger partial charge in [0.05, 0.1) is 32.3 Å². The molecule has 4 aromatic carbocycles. The molecule has 0 saturated heterocycles. The third-order valence-electron chi connectivity index (χ3n) is 17.8. The molecule has 456 valence electrons. The summed E-state index contributed by atoms with van der Waals surface area (Å²) in [5.74, 6) is -42.6. The van der Waals surface area contributed by atoms with Crippen molar-refractivity contribution in [3.8, 4) is 0 Å². The van der Waals surface area contributed by atoms with Crippen LogP contribution < -0.4 is 61.5 Å². The minimum Gasteiger partial charge on any atom is -0.207 e. The first-order chi connectivity index (χ1) is 38.3. The van der Waals surface area contributed by atoms with Gasteiger partial charge < -0.3 is 0 Å². The fourth-order valence-electron chi connectivity index (χ4n) is 15.6. The van der Waals surface area contributed by atoms with Crippen molar-refractivity contribution in [1.29, 1.82) is 0 Å². The summed E-state index contributed by atoms with van der Waals surface area (Å²) < 4.78 is 293. The van der Waals surface area contributed by atoms with Gasteiger partial charge in [-0.2, -0.15) is 0 Å². The van der Waals surface area contributed by atoms with Crippen LogP contribution in [0.5, 0.6) is 0 Å². The summed E-state index contributed by atoms with van der Waals surface area (Å²) >= 11 is 0. The molecule has 0 fully saturated rings. The van der Waals surface area contributed by atoms with Crippen LogP contribution in [0.1, 0.15) is 160 Å². The Labute approximate surface area is 493 Å². The molecule has 0 aliphatic rings. The van der Waals surface area contributed by atoms with E-state index in [9.17, 15) is 0 Å². The van der Waals surface area contributed by atoms with Crippen molar-refractivity contribution in [2.24, 2.45) is 0 Å². The molecule has 0 atom stereocenters. The Morgan fingerprint density at radius 2 is 0.293 bits per heavy atom. The van der Waals surface area contributed by atoms with Crippen LogP contribution in [0.2, 0.25) is 72.5 Å². The van der Waals surface area contributed by atoms with E-state index in [0.29, 0.717) is 0 Å². The minimum absolute atomic E-state index is 0. The number of rotatable bonds is 32. The average Bonchev–Trinajstić information content (AvgIpc) is 3.47. The minimum atomic E-state index is -6.77. The molecule has 22 heteroatoms. The van der Waals surface area contributed by atoms with Crippen molar-refractivity contribution in [1.82, 2.24) is 0 Å². The SMILES string of the molecule is CCC[Si](CCC)(CCC)c1c(F)c(F)c([B-](c2c(F)c(F)c([Si](CCC)(CCC)CCC)c(F)c2F)(c2c(F)c(F)c([Si](CCC)(CCC)CCC)c(F)c2F)c2c(F)c(F)c([Si](CCC)(CCC)CCC)c(F)c2F)c(F)c1F.[Li+]. The standard InChI is InChI=1S/C60H84BF16Si4.Li/c1-13-25-78(26-14-2,27-15-3)57-49(70)41(62)37(42(63)50(57)71)61(38-43(64)51(72)58(52(73)44(38)65)79(28-16-4,29-17-5)30-18-6,39-45(66)53(74)59(54(75)46(39)67)80(31-19-7,32-20-8)33-21-9)40-47(68)55(76)60(56(77)48(40)69)81(34-22-10,35-23-11)36-24-12;/h13-36H2,1-12H3;/q-1;+1. The van der Waals surface area contributed by atoms with Gasteiger partial charge in [-0.1, -0.05) is 233 Å². The quantitative estimate of drug-likeness (QED) is 0.0260. The molecule has 4 rings (SSSR count). The number of hydrogen-bond acceptors (Lipinski definition) is 0. The molecular weight excluding hydrogens is 1150 g/mol. The Bertz CT molecular complexity index is 2290. The van der Waals surface area contributed by atoms with Gasteiger partial charge in [-0.3, -0.25) is 0 Å². The van der Waals surface area contributed by atoms with Crippen molar-refractivity contribution in [2.75, 3.05) is 0 Å². The van der Waals surface area contributed by atoms with Gasteiger partial charge in [0.15, 0.2) is 46.5 Å². The van der Waals surface area contributed by atoms with E-state index >= 15 is 70.2 Å². The average molecular weight is 1240 g/mol. The van der Waals surface area contributed by atoms with E-state index in [1.54, 1.807) is 83.1 Å². The molecule has 4 aromatic rings. The smallest absolute Gasteiger partial charge is 0.207 e. The molecule has 0 N–H and O–H groups in total. The fraction of sp³-hybridized carbons (Fsp3) is 0.600. The molecule has 0 bridgehead atoms.